The van der Waals surface area contributed by atoms with Crippen LogP contribution in [0.5, 0.6) is 0 Å². The first-order valence-electron chi connectivity index (χ1n) is 8.85. The fourth-order valence-corrected chi connectivity index (χ4v) is 4.82. The van der Waals surface area contributed by atoms with Crippen LogP contribution in [-0.2, 0) is 6.54 Å². The Balaban J connectivity index is 1.62. The van der Waals surface area contributed by atoms with E-state index in [-0.39, 0.29) is 0 Å². The zero-order chi connectivity index (χ0) is 14.5. The van der Waals surface area contributed by atoms with E-state index in [0.717, 1.165) is 24.5 Å². The minimum Gasteiger partial charge on any atom is -0.311 e. The highest BCUT2D eigenvalue weighted by Crippen LogP contribution is 2.29. The van der Waals surface area contributed by atoms with Crippen molar-refractivity contribution in [1.82, 2.24) is 10.2 Å². The Kier molecular flexibility index (Phi) is 5.73. The molecule has 1 N–H and O–H groups in total. The van der Waals surface area contributed by atoms with Crippen LogP contribution in [0, 0.1) is 5.92 Å². The minimum absolute atomic E-state index is 0.731. The molecule has 1 aliphatic carbocycles. The fraction of sp³-hybridized carbons (Fsp3) is 0.778. The second-order valence-corrected chi connectivity index (χ2v) is 7.70. The first-order valence-corrected chi connectivity index (χ1v) is 9.79. The van der Waals surface area contributed by atoms with Crippen molar-refractivity contribution in [2.24, 2.45) is 5.92 Å². The van der Waals surface area contributed by atoms with Crippen LogP contribution in [0.2, 0.25) is 0 Å². The Hall–Kier alpha value is -0.380. The van der Waals surface area contributed by atoms with Gasteiger partial charge in [0.1, 0.15) is 0 Å². The van der Waals surface area contributed by atoms with Gasteiger partial charge in [0.25, 0.3) is 0 Å². The van der Waals surface area contributed by atoms with Gasteiger partial charge in [-0.15, -0.1) is 0 Å². The van der Waals surface area contributed by atoms with Gasteiger partial charge in [-0.05, 0) is 47.6 Å². The standard InChI is InChI=1S/C18H30N2S/c1-2-6-17-11-19-18(16-7-4-3-5-8-16)13-20(17)12-15-9-10-21-14-15/h9-10,14,16-19H,2-8,11-13H2,1H3. The molecule has 2 heterocycles. The van der Waals surface area contributed by atoms with Crippen molar-refractivity contribution in [1.29, 1.82) is 0 Å². The van der Waals surface area contributed by atoms with E-state index >= 15 is 0 Å². The maximum absolute atomic E-state index is 3.89. The molecule has 2 atom stereocenters. The van der Waals surface area contributed by atoms with E-state index in [1.807, 2.05) is 11.3 Å². The molecule has 1 aromatic rings. The molecule has 2 aliphatic rings. The van der Waals surface area contributed by atoms with Gasteiger partial charge >= 0.3 is 0 Å². The van der Waals surface area contributed by atoms with E-state index in [1.54, 1.807) is 0 Å². The third kappa shape index (κ3) is 4.08. The molecule has 0 radical (unpaired) electrons. The van der Waals surface area contributed by atoms with Crippen LogP contribution in [0.1, 0.15) is 57.4 Å². The third-order valence-electron chi connectivity index (χ3n) is 5.37. The van der Waals surface area contributed by atoms with Crippen LogP contribution < -0.4 is 5.32 Å². The molecule has 118 valence electrons. The molecular weight excluding hydrogens is 276 g/mol. The lowest BCUT2D eigenvalue weighted by atomic mass is 9.82. The summed E-state index contributed by atoms with van der Waals surface area (Å²) < 4.78 is 0. The van der Waals surface area contributed by atoms with E-state index in [0.29, 0.717) is 0 Å². The summed E-state index contributed by atoms with van der Waals surface area (Å²) in [6.07, 6.45) is 9.87. The Morgan fingerprint density at radius 2 is 2.14 bits per heavy atom. The summed E-state index contributed by atoms with van der Waals surface area (Å²) in [6.45, 7) is 5.92. The molecule has 3 rings (SSSR count). The fourth-order valence-electron chi connectivity index (χ4n) is 4.16. The number of nitrogens with one attached hydrogen (secondary N) is 1. The minimum atomic E-state index is 0.731. The number of piperazine rings is 1. The Morgan fingerprint density at radius 1 is 1.29 bits per heavy atom. The summed E-state index contributed by atoms with van der Waals surface area (Å²) in [5.74, 6) is 0.923. The molecule has 21 heavy (non-hydrogen) atoms. The lowest BCUT2D eigenvalue weighted by Crippen LogP contribution is -2.58. The Morgan fingerprint density at radius 3 is 2.86 bits per heavy atom. The van der Waals surface area contributed by atoms with E-state index in [1.165, 1.54) is 63.6 Å². The third-order valence-corrected chi connectivity index (χ3v) is 6.10. The average molecular weight is 307 g/mol. The molecule has 0 bridgehead atoms. The molecule has 0 aromatic carbocycles. The zero-order valence-corrected chi connectivity index (χ0v) is 14.2. The quantitative estimate of drug-likeness (QED) is 0.874. The first-order chi connectivity index (χ1) is 10.4. The summed E-state index contributed by atoms with van der Waals surface area (Å²) in [5, 5.41) is 8.43. The number of nitrogens with zero attached hydrogens (tertiary/aromatic N) is 1. The van der Waals surface area contributed by atoms with Crippen LogP contribution >= 0.6 is 11.3 Å². The molecule has 1 aliphatic heterocycles. The van der Waals surface area contributed by atoms with Gasteiger partial charge in [0, 0.05) is 31.7 Å². The molecule has 2 fully saturated rings. The van der Waals surface area contributed by atoms with Crippen LogP contribution in [0.3, 0.4) is 0 Å². The lowest BCUT2D eigenvalue weighted by Gasteiger charge is -2.44. The maximum Gasteiger partial charge on any atom is 0.0246 e. The van der Waals surface area contributed by atoms with Crippen molar-refractivity contribution in [3.8, 4) is 0 Å². The van der Waals surface area contributed by atoms with E-state index in [2.05, 4.69) is 34.0 Å². The van der Waals surface area contributed by atoms with Gasteiger partial charge in [-0.3, -0.25) is 4.90 Å². The summed E-state index contributed by atoms with van der Waals surface area (Å²) in [4.78, 5) is 2.77. The molecule has 1 saturated carbocycles. The molecule has 2 unspecified atom stereocenters. The van der Waals surface area contributed by atoms with Crippen LogP contribution in [0.4, 0.5) is 0 Å². The molecule has 0 spiro atoms. The van der Waals surface area contributed by atoms with Crippen molar-refractivity contribution in [3.05, 3.63) is 22.4 Å². The summed E-state index contributed by atoms with van der Waals surface area (Å²) in [6, 6.07) is 3.76. The van der Waals surface area contributed by atoms with Gasteiger partial charge in [0.15, 0.2) is 0 Å². The smallest absolute Gasteiger partial charge is 0.0246 e. The lowest BCUT2D eigenvalue weighted by molar-refractivity contribution is 0.0846. The zero-order valence-electron chi connectivity index (χ0n) is 13.4. The number of hydrogen-bond acceptors (Lipinski definition) is 3. The second-order valence-electron chi connectivity index (χ2n) is 6.92. The van der Waals surface area contributed by atoms with E-state index in [4.69, 9.17) is 0 Å². The second kappa shape index (κ2) is 7.75. The van der Waals surface area contributed by atoms with Gasteiger partial charge in [-0.25, -0.2) is 0 Å². The predicted octanol–water partition coefficient (Wildman–Crippen LogP) is 4.27. The van der Waals surface area contributed by atoms with Crippen molar-refractivity contribution in [3.63, 3.8) is 0 Å². The summed E-state index contributed by atoms with van der Waals surface area (Å²) >= 11 is 1.83. The largest absolute Gasteiger partial charge is 0.311 e. The maximum atomic E-state index is 3.89. The van der Waals surface area contributed by atoms with Crippen molar-refractivity contribution in [2.45, 2.75) is 70.5 Å². The van der Waals surface area contributed by atoms with Gasteiger partial charge in [0.2, 0.25) is 0 Å². The number of thiophene rings is 1. The van der Waals surface area contributed by atoms with Gasteiger partial charge in [-0.2, -0.15) is 11.3 Å². The SMILES string of the molecule is CCCC1CNC(C2CCCCC2)CN1Cc1ccsc1. The average Bonchev–Trinajstić information content (AvgIpc) is 3.03. The molecule has 2 nitrogen and oxygen atoms in total. The van der Waals surface area contributed by atoms with Crippen LogP contribution in [0.25, 0.3) is 0 Å². The number of rotatable bonds is 5. The predicted molar refractivity (Wildman–Crippen MR) is 91.8 cm³/mol. The van der Waals surface area contributed by atoms with Crippen LogP contribution in [-0.4, -0.2) is 30.1 Å². The van der Waals surface area contributed by atoms with E-state index < -0.39 is 0 Å². The Bertz CT molecular complexity index is 397. The highest BCUT2D eigenvalue weighted by Gasteiger charge is 2.32. The normalized spacial score (nSPS) is 28.8. The highest BCUT2D eigenvalue weighted by atomic mass is 32.1. The summed E-state index contributed by atoms with van der Waals surface area (Å²) in [5.41, 5.74) is 1.50. The molecule has 0 amide bonds. The molecule has 3 heteroatoms. The Labute approximate surface area is 133 Å². The summed E-state index contributed by atoms with van der Waals surface area (Å²) in [7, 11) is 0. The van der Waals surface area contributed by atoms with Gasteiger partial charge in [-0.1, -0.05) is 32.6 Å². The topological polar surface area (TPSA) is 15.3 Å². The molecular formula is C18H30N2S. The van der Waals surface area contributed by atoms with Gasteiger partial charge < -0.3 is 5.32 Å². The van der Waals surface area contributed by atoms with Crippen molar-refractivity contribution in [2.75, 3.05) is 13.1 Å². The molecule has 1 aromatic heterocycles. The van der Waals surface area contributed by atoms with Gasteiger partial charge in [0.05, 0.1) is 0 Å². The van der Waals surface area contributed by atoms with Crippen LogP contribution in [0.15, 0.2) is 16.8 Å². The highest BCUT2D eigenvalue weighted by molar-refractivity contribution is 7.07. The van der Waals surface area contributed by atoms with Crippen molar-refractivity contribution < 1.29 is 0 Å². The molecule has 1 saturated heterocycles. The number of hydrogen-bond donors (Lipinski definition) is 1. The first kappa shape index (κ1) is 15.5. The monoisotopic (exact) mass is 306 g/mol. The van der Waals surface area contributed by atoms with Crippen molar-refractivity contribution >= 4 is 11.3 Å². The van der Waals surface area contributed by atoms with E-state index in [9.17, 15) is 0 Å².